The summed E-state index contributed by atoms with van der Waals surface area (Å²) in [6.07, 6.45) is 5.66. The minimum Gasteiger partial charge on any atom is -0.481 e. The Labute approximate surface area is 149 Å². The van der Waals surface area contributed by atoms with Gasteiger partial charge in [0.25, 0.3) is 0 Å². The fourth-order valence-electron chi connectivity index (χ4n) is 6.13. The van der Waals surface area contributed by atoms with Crippen molar-refractivity contribution < 1.29 is 24.5 Å². The Bertz CT molecular complexity index is 640. The SMILES string of the molecule is CC1=CC(=O)C2C(C)(CO)CCCC2(C)C12CCC(C)(CC(=O)O)O2. The fraction of sp³-hybridized carbons (Fsp3) is 0.800. The minimum atomic E-state index is -0.862. The van der Waals surface area contributed by atoms with Crippen LogP contribution in [0.1, 0.15) is 66.2 Å². The van der Waals surface area contributed by atoms with Crippen molar-refractivity contribution in [3.05, 3.63) is 11.6 Å². The highest BCUT2D eigenvalue weighted by Crippen LogP contribution is 2.65. The van der Waals surface area contributed by atoms with E-state index < -0.39 is 28.0 Å². The highest BCUT2D eigenvalue weighted by atomic mass is 16.5. The van der Waals surface area contributed by atoms with Crippen LogP contribution in [0, 0.1) is 16.7 Å². The zero-order valence-corrected chi connectivity index (χ0v) is 15.7. The number of aliphatic hydroxyl groups is 1. The van der Waals surface area contributed by atoms with Crippen molar-refractivity contribution in [1.29, 1.82) is 0 Å². The molecule has 5 heteroatoms. The summed E-state index contributed by atoms with van der Waals surface area (Å²) < 4.78 is 6.58. The van der Waals surface area contributed by atoms with Gasteiger partial charge in [0.05, 0.1) is 17.6 Å². The average molecular weight is 350 g/mol. The Morgan fingerprint density at radius 3 is 2.52 bits per heavy atom. The molecular weight excluding hydrogens is 320 g/mol. The normalized spacial score (nSPS) is 46.8. The zero-order valence-electron chi connectivity index (χ0n) is 15.7. The van der Waals surface area contributed by atoms with Gasteiger partial charge in [0.2, 0.25) is 0 Å². The summed E-state index contributed by atoms with van der Waals surface area (Å²) in [5.41, 5.74) is -1.31. The topological polar surface area (TPSA) is 83.8 Å². The quantitative estimate of drug-likeness (QED) is 0.817. The molecule has 0 radical (unpaired) electrons. The van der Waals surface area contributed by atoms with Gasteiger partial charge in [0.1, 0.15) is 0 Å². The molecule has 2 fully saturated rings. The third-order valence-corrected chi connectivity index (χ3v) is 7.29. The van der Waals surface area contributed by atoms with Crippen LogP contribution in [0.2, 0.25) is 0 Å². The maximum atomic E-state index is 13.0. The van der Waals surface area contributed by atoms with Crippen molar-refractivity contribution >= 4 is 11.8 Å². The van der Waals surface area contributed by atoms with Crippen molar-refractivity contribution in [1.82, 2.24) is 0 Å². The van der Waals surface area contributed by atoms with Gasteiger partial charge in [-0.2, -0.15) is 0 Å². The molecule has 1 heterocycles. The molecule has 25 heavy (non-hydrogen) atoms. The molecule has 3 aliphatic rings. The number of aliphatic carboxylic acids is 1. The molecule has 140 valence electrons. The highest BCUT2D eigenvalue weighted by Gasteiger charge is 2.67. The maximum absolute atomic E-state index is 13.0. The summed E-state index contributed by atoms with van der Waals surface area (Å²) >= 11 is 0. The molecule has 2 aliphatic carbocycles. The van der Waals surface area contributed by atoms with E-state index in [1.807, 2.05) is 20.8 Å². The second-order valence-corrected chi connectivity index (χ2v) is 9.20. The van der Waals surface area contributed by atoms with E-state index in [1.54, 1.807) is 6.08 Å². The Hall–Kier alpha value is -1.20. The minimum absolute atomic E-state index is 0.0195. The van der Waals surface area contributed by atoms with Crippen LogP contribution >= 0.6 is 0 Å². The van der Waals surface area contributed by atoms with Gasteiger partial charge in [-0.05, 0) is 51.2 Å². The van der Waals surface area contributed by atoms with Gasteiger partial charge in [-0.25, -0.2) is 0 Å². The van der Waals surface area contributed by atoms with E-state index in [4.69, 9.17) is 4.74 Å². The van der Waals surface area contributed by atoms with E-state index in [1.165, 1.54) is 0 Å². The van der Waals surface area contributed by atoms with Crippen LogP contribution in [-0.4, -0.2) is 39.8 Å². The number of ether oxygens (including phenoxy) is 1. The maximum Gasteiger partial charge on any atom is 0.306 e. The summed E-state index contributed by atoms with van der Waals surface area (Å²) in [6, 6.07) is 0. The van der Waals surface area contributed by atoms with Crippen molar-refractivity contribution in [2.45, 2.75) is 77.4 Å². The smallest absolute Gasteiger partial charge is 0.306 e. The molecule has 0 bridgehead atoms. The van der Waals surface area contributed by atoms with E-state index in [0.29, 0.717) is 6.42 Å². The summed E-state index contributed by atoms with van der Waals surface area (Å²) in [5, 5.41) is 19.3. The second kappa shape index (κ2) is 5.65. The number of rotatable bonds is 3. The molecule has 0 aromatic heterocycles. The van der Waals surface area contributed by atoms with Crippen LogP contribution < -0.4 is 0 Å². The molecule has 5 unspecified atom stereocenters. The van der Waals surface area contributed by atoms with Crippen molar-refractivity contribution in [3.8, 4) is 0 Å². The largest absolute Gasteiger partial charge is 0.481 e. The van der Waals surface area contributed by atoms with Gasteiger partial charge in [-0.15, -0.1) is 0 Å². The van der Waals surface area contributed by atoms with E-state index in [0.717, 1.165) is 31.3 Å². The molecule has 1 aliphatic heterocycles. The van der Waals surface area contributed by atoms with Crippen LogP contribution in [0.3, 0.4) is 0 Å². The van der Waals surface area contributed by atoms with Crippen LogP contribution in [0.5, 0.6) is 0 Å². The molecule has 0 aromatic rings. The van der Waals surface area contributed by atoms with Gasteiger partial charge in [-0.3, -0.25) is 9.59 Å². The molecule has 1 spiro atoms. The fourth-order valence-corrected chi connectivity index (χ4v) is 6.13. The van der Waals surface area contributed by atoms with Gasteiger partial charge >= 0.3 is 5.97 Å². The number of carboxylic acid groups (broad SMARTS) is 1. The lowest BCUT2D eigenvalue weighted by Gasteiger charge is -2.60. The van der Waals surface area contributed by atoms with E-state index in [9.17, 15) is 19.8 Å². The predicted molar refractivity (Wildman–Crippen MR) is 93.1 cm³/mol. The number of aliphatic hydroxyl groups excluding tert-OH is 1. The Morgan fingerprint density at radius 1 is 1.24 bits per heavy atom. The van der Waals surface area contributed by atoms with Crippen molar-refractivity contribution in [3.63, 3.8) is 0 Å². The third-order valence-electron chi connectivity index (χ3n) is 7.29. The Balaban J connectivity index is 2.09. The molecule has 0 aromatic carbocycles. The number of carbonyl (C=O) groups is 2. The first-order valence-corrected chi connectivity index (χ1v) is 9.27. The number of fused-ring (bicyclic) bond motifs is 2. The van der Waals surface area contributed by atoms with Crippen molar-refractivity contribution in [2.24, 2.45) is 16.7 Å². The first kappa shape index (κ1) is 18.6. The number of carbonyl (C=O) groups excluding carboxylic acids is 1. The van der Waals surface area contributed by atoms with E-state index in [2.05, 4.69) is 6.92 Å². The lowest BCUT2D eigenvalue weighted by atomic mass is 9.46. The van der Waals surface area contributed by atoms with Gasteiger partial charge in [0, 0.05) is 23.4 Å². The molecule has 2 N–H and O–H groups in total. The zero-order chi connectivity index (χ0) is 18.7. The average Bonchev–Trinajstić information content (AvgIpc) is 2.84. The number of hydrogen-bond donors (Lipinski definition) is 2. The molecular formula is C20H30O5. The molecule has 1 saturated carbocycles. The molecule has 1 saturated heterocycles. The first-order chi connectivity index (χ1) is 11.5. The lowest BCUT2D eigenvalue weighted by Crippen LogP contribution is -2.63. The molecule has 5 atom stereocenters. The van der Waals surface area contributed by atoms with Crippen molar-refractivity contribution in [2.75, 3.05) is 6.61 Å². The van der Waals surface area contributed by atoms with Crippen LogP contribution in [0.15, 0.2) is 11.6 Å². The van der Waals surface area contributed by atoms with Crippen LogP contribution in [0.25, 0.3) is 0 Å². The van der Waals surface area contributed by atoms with Gasteiger partial charge < -0.3 is 14.9 Å². The lowest BCUT2D eigenvalue weighted by molar-refractivity contribution is -0.199. The number of ketones is 1. The van der Waals surface area contributed by atoms with E-state index >= 15 is 0 Å². The third kappa shape index (κ3) is 2.50. The molecule has 3 rings (SSSR count). The molecule has 0 amide bonds. The van der Waals surface area contributed by atoms with Gasteiger partial charge in [-0.1, -0.05) is 20.3 Å². The molecule has 5 nitrogen and oxygen atoms in total. The number of hydrogen-bond acceptors (Lipinski definition) is 4. The first-order valence-electron chi connectivity index (χ1n) is 9.27. The number of carboxylic acids is 1. The van der Waals surface area contributed by atoms with Gasteiger partial charge in [0.15, 0.2) is 5.78 Å². The van der Waals surface area contributed by atoms with E-state index in [-0.39, 0.29) is 24.7 Å². The monoisotopic (exact) mass is 350 g/mol. The second-order valence-electron chi connectivity index (χ2n) is 9.20. The summed E-state index contributed by atoms with van der Waals surface area (Å²) in [5.74, 6) is -1.08. The highest BCUT2D eigenvalue weighted by molar-refractivity contribution is 5.95. The van der Waals surface area contributed by atoms with Crippen LogP contribution in [0.4, 0.5) is 0 Å². The summed E-state index contributed by atoms with van der Waals surface area (Å²) in [6.45, 7) is 7.91. The summed E-state index contributed by atoms with van der Waals surface area (Å²) in [7, 11) is 0. The number of allylic oxidation sites excluding steroid dienone is 1. The summed E-state index contributed by atoms with van der Waals surface area (Å²) in [4.78, 5) is 24.3. The Morgan fingerprint density at radius 2 is 1.92 bits per heavy atom. The Kier molecular flexibility index (Phi) is 4.20. The van der Waals surface area contributed by atoms with Crippen LogP contribution in [-0.2, 0) is 14.3 Å². The predicted octanol–water partition coefficient (Wildman–Crippen LogP) is 3.10. The standard InChI is InChI=1S/C20H30O5/c1-13-10-14(22)16-17(2,12-21)6-5-7-19(16,4)20(13)9-8-18(3,25-20)11-15(23)24/h10,16,21H,5-9,11-12H2,1-4H3,(H,23,24).